The van der Waals surface area contributed by atoms with Crippen molar-refractivity contribution in [3.63, 3.8) is 0 Å². The van der Waals surface area contributed by atoms with Gasteiger partial charge in [0.1, 0.15) is 0 Å². The Balaban J connectivity index is 1.73. The fourth-order valence-electron chi connectivity index (χ4n) is 2.80. The molecule has 0 saturated heterocycles. The Kier molecular flexibility index (Phi) is 4.90. The van der Waals surface area contributed by atoms with Gasteiger partial charge < -0.3 is 0 Å². The second-order valence-corrected chi connectivity index (χ2v) is 6.02. The van der Waals surface area contributed by atoms with Gasteiger partial charge in [-0.3, -0.25) is 29.0 Å². The Labute approximate surface area is 129 Å². The van der Waals surface area contributed by atoms with Crippen LogP contribution in [0.4, 0.5) is 0 Å². The zero-order chi connectivity index (χ0) is 16.3. The third-order valence-corrected chi connectivity index (χ3v) is 3.95. The lowest BCUT2D eigenvalue weighted by Crippen LogP contribution is -2.35. The van der Waals surface area contributed by atoms with Crippen LogP contribution < -0.4 is 0 Å². The van der Waals surface area contributed by atoms with E-state index in [1.54, 1.807) is 0 Å². The van der Waals surface area contributed by atoms with Crippen LogP contribution in [0, 0.1) is 11.8 Å². The molecule has 2 aliphatic rings. The first-order valence-electron chi connectivity index (χ1n) is 7.45. The van der Waals surface area contributed by atoms with Crippen LogP contribution in [0.2, 0.25) is 0 Å². The highest BCUT2D eigenvalue weighted by Crippen LogP contribution is 2.19. The number of carbonyl (C=O) groups is 4. The first-order chi connectivity index (χ1) is 10.4. The molecule has 0 fully saturated rings. The minimum absolute atomic E-state index is 0.172. The van der Waals surface area contributed by atoms with Crippen LogP contribution in [0.15, 0.2) is 24.3 Å². The number of hydrogen-bond donors (Lipinski definition) is 0. The average Bonchev–Trinajstić information content (AvgIpc) is 2.93. The van der Waals surface area contributed by atoms with E-state index in [9.17, 15) is 19.2 Å². The Bertz CT molecular complexity index is 528. The van der Waals surface area contributed by atoms with Crippen molar-refractivity contribution >= 4 is 23.6 Å². The summed E-state index contributed by atoms with van der Waals surface area (Å²) in [6.45, 7) is 4.84. The summed E-state index contributed by atoms with van der Waals surface area (Å²) in [7, 11) is 0. The van der Waals surface area contributed by atoms with Gasteiger partial charge in [0.15, 0.2) is 0 Å². The Hall–Kier alpha value is -2.24. The number of nitrogens with zero attached hydrogens (tertiary/aromatic N) is 2. The van der Waals surface area contributed by atoms with Crippen molar-refractivity contribution in [1.29, 1.82) is 0 Å². The lowest BCUT2D eigenvalue weighted by molar-refractivity contribution is -0.139. The standard InChI is InChI=1S/C16H20N2O4/c1-11(7-8-17-13(19)3-4-14(17)20)9-12(2)10-18-15(21)5-6-16(18)22/h3-6,11-12H,7-10H2,1-2H3. The number of rotatable bonds is 7. The van der Waals surface area contributed by atoms with Crippen LogP contribution >= 0.6 is 0 Å². The van der Waals surface area contributed by atoms with Crippen LogP contribution in [0.1, 0.15) is 26.7 Å². The van der Waals surface area contributed by atoms with Gasteiger partial charge in [0.2, 0.25) is 0 Å². The monoisotopic (exact) mass is 304 g/mol. The quantitative estimate of drug-likeness (QED) is 0.655. The van der Waals surface area contributed by atoms with Crippen molar-refractivity contribution in [3.8, 4) is 0 Å². The summed E-state index contributed by atoms with van der Waals surface area (Å²) in [5.74, 6) is -0.579. The second kappa shape index (κ2) is 6.68. The Morgan fingerprint density at radius 3 is 1.73 bits per heavy atom. The number of imide groups is 2. The highest BCUT2D eigenvalue weighted by molar-refractivity contribution is 6.13. The van der Waals surface area contributed by atoms with Gasteiger partial charge in [-0.2, -0.15) is 0 Å². The molecule has 2 atom stereocenters. The van der Waals surface area contributed by atoms with E-state index in [0.717, 1.165) is 6.42 Å². The summed E-state index contributed by atoms with van der Waals surface area (Å²) < 4.78 is 0. The van der Waals surface area contributed by atoms with Gasteiger partial charge in [-0.25, -0.2) is 0 Å². The van der Waals surface area contributed by atoms with Crippen molar-refractivity contribution in [2.45, 2.75) is 26.7 Å². The van der Waals surface area contributed by atoms with E-state index in [2.05, 4.69) is 0 Å². The van der Waals surface area contributed by atoms with E-state index in [0.29, 0.717) is 19.5 Å². The van der Waals surface area contributed by atoms with Crippen LogP contribution in [-0.2, 0) is 19.2 Å². The van der Waals surface area contributed by atoms with Gasteiger partial charge in [0.05, 0.1) is 0 Å². The number of hydrogen-bond acceptors (Lipinski definition) is 4. The van der Waals surface area contributed by atoms with Gasteiger partial charge in [-0.05, 0) is 24.7 Å². The minimum atomic E-state index is -0.260. The van der Waals surface area contributed by atoms with E-state index in [1.807, 2.05) is 13.8 Å². The summed E-state index contributed by atoms with van der Waals surface area (Å²) in [6, 6.07) is 0. The van der Waals surface area contributed by atoms with Crippen molar-refractivity contribution < 1.29 is 19.2 Å². The van der Waals surface area contributed by atoms with Crippen molar-refractivity contribution in [2.75, 3.05) is 13.1 Å². The lowest BCUT2D eigenvalue weighted by Gasteiger charge is -2.23. The molecule has 0 aromatic carbocycles. The molecule has 0 spiro atoms. The van der Waals surface area contributed by atoms with E-state index in [1.165, 1.54) is 34.1 Å². The van der Waals surface area contributed by atoms with Crippen molar-refractivity contribution in [1.82, 2.24) is 9.80 Å². The smallest absolute Gasteiger partial charge is 0.253 e. The molecule has 0 N–H and O–H groups in total. The molecule has 2 heterocycles. The van der Waals surface area contributed by atoms with Gasteiger partial charge in [0, 0.05) is 37.4 Å². The predicted molar refractivity (Wildman–Crippen MR) is 79.3 cm³/mol. The summed E-state index contributed by atoms with van der Waals surface area (Å²) in [6.07, 6.45) is 6.68. The Morgan fingerprint density at radius 1 is 0.773 bits per heavy atom. The summed E-state index contributed by atoms with van der Waals surface area (Å²) in [4.78, 5) is 48.4. The first kappa shape index (κ1) is 16.1. The highest BCUT2D eigenvalue weighted by Gasteiger charge is 2.26. The normalized spacial score (nSPS) is 20.5. The fraction of sp³-hybridized carbons (Fsp3) is 0.500. The zero-order valence-corrected chi connectivity index (χ0v) is 12.8. The second-order valence-electron chi connectivity index (χ2n) is 6.02. The molecule has 6 nitrogen and oxygen atoms in total. The van der Waals surface area contributed by atoms with Gasteiger partial charge in [-0.1, -0.05) is 13.8 Å². The SMILES string of the molecule is CC(CCN1C(=O)C=CC1=O)CC(C)CN1C(=O)C=CC1=O. The molecule has 0 aromatic heterocycles. The molecule has 0 bridgehead atoms. The molecule has 0 radical (unpaired) electrons. The van der Waals surface area contributed by atoms with E-state index in [4.69, 9.17) is 0 Å². The average molecular weight is 304 g/mol. The number of carbonyl (C=O) groups excluding carboxylic acids is 4. The van der Waals surface area contributed by atoms with E-state index >= 15 is 0 Å². The molecule has 4 amide bonds. The molecule has 0 aliphatic carbocycles. The van der Waals surface area contributed by atoms with Gasteiger partial charge >= 0.3 is 0 Å². The zero-order valence-electron chi connectivity index (χ0n) is 12.8. The molecule has 6 heteroatoms. The lowest BCUT2D eigenvalue weighted by atomic mass is 9.94. The van der Waals surface area contributed by atoms with E-state index in [-0.39, 0.29) is 35.5 Å². The highest BCUT2D eigenvalue weighted by atomic mass is 16.2. The van der Waals surface area contributed by atoms with Crippen molar-refractivity contribution in [3.05, 3.63) is 24.3 Å². The molecule has 22 heavy (non-hydrogen) atoms. The molecule has 2 aliphatic heterocycles. The molecular formula is C16H20N2O4. The maximum Gasteiger partial charge on any atom is 0.253 e. The third-order valence-electron chi connectivity index (χ3n) is 3.95. The largest absolute Gasteiger partial charge is 0.275 e. The fourth-order valence-corrected chi connectivity index (χ4v) is 2.80. The molecule has 2 unspecified atom stereocenters. The van der Waals surface area contributed by atoms with Crippen molar-refractivity contribution in [2.24, 2.45) is 11.8 Å². The third kappa shape index (κ3) is 3.69. The number of amides is 4. The van der Waals surface area contributed by atoms with E-state index < -0.39 is 0 Å². The summed E-state index contributed by atoms with van der Waals surface area (Å²) >= 11 is 0. The summed E-state index contributed by atoms with van der Waals surface area (Å²) in [5, 5.41) is 0. The maximum atomic E-state index is 11.5. The minimum Gasteiger partial charge on any atom is -0.275 e. The van der Waals surface area contributed by atoms with Crippen LogP contribution in [-0.4, -0.2) is 46.5 Å². The maximum absolute atomic E-state index is 11.5. The van der Waals surface area contributed by atoms with Gasteiger partial charge in [0.25, 0.3) is 23.6 Å². The Morgan fingerprint density at radius 2 is 1.23 bits per heavy atom. The molecular weight excluding hydrogens is 284 g/mol. The molecule has 118 valence electrons. The predicted octanol–water partition coefficient (Wildman–Crippen LogP) is 0.889. The first-order valence-corrected chi connectivity index (χ1v) is 7.45. The molecule has 0 aromatic rings. The molecule has 0 saturated carbocycles. The van der Waals surface area contributed by atoms with Crippen LogP contribution in [0.25, 0.3) is 0 Å². The molecule has 2 rings (SSSR count). The van der Waals surface area contributed by atoms with Crippen LogP contribution in [0.5, 0.6) is 0 Å². The van der Waals surface area contributed by atoms with Crippen LogP contribution in [0.3, 0.4) is 0 Å². The summed E-state index contributed by atoms with van der Waals surface area (Å²) in [5.41, 5.74) is 0. The van der Waals surface area contributed by atoms with Gasteiger partial charge in [-0.15, -0.1) is 0 Å². The topological polar surface area (TPSA) is 74.8 Å².